The van der Waals surface area contributed by atoms with Gasteiger partial charge in [0.2, 0.25) is 0 Å². The summed E-state index contributed by atoms with van der Waals surface area (Å²) in [6, 6.07) is 2.01. The third-order valence-corrected chi connectivity index (χ3v) is 3.81. The minimum absolute atomic E-state index is 0.626. The summed E-state index contributed by atoms with van der Waals surface area (Å²) in [6.45, 7) is 4.71. The molecule has 4 nitrogen and oxygen atoms in total. The lowest BCUT2D eigenvalue weighted by Crippen LogP contribution is -2.30. The molecule has 0 bridgehead atoms. The van der Waals surface area contributed by atoms with Crippen molar-refractivity contribution < 1.29 is 19.4 Å². The number of hydrogen-bond donors (Lipinski definition) is 1. The molecule has 1 N–H and O–H groups in total. The smallest absolute Gasteiger partial charge is 0.313 e. The van der Waals surface area contributed by atoms with Gasteiger partial charge in [0.1, 0.15) is 11.5 Å². The molecule has 0 spiro atoms. The summed E-state index contributed by atoms with van der Waals surface area (Å²) in [7, 11) is 0. The van der Waals surface area contributed by atoms with Crippen molar-refractivity contribution in [3.8, 4) is 11.5 Å². The number of aliphatic carboxylic acids is 1. The lowest BCUT2D eigenvalue weighted by molar-refractivity contribution is -0.142. The van der Waals surface area contributed by atoms with E-state index in [1.807, 2.05) is 6.07 Å². The van der Waals surface area contributed by atoms with Gasteiger partial charge >= 0.3 is 5.97 Å². The molecule has 2 aliphatic rings. The second-order valence-corrected chi connectivity index (χ2v) is 5.34. The maximum absolute atomic E-state index is 11.5. The van der Waals surface area contributed by atoms with Gasteiger partial charge in [-0.25, -0.2) is 0 Å². The van der Waals surface area contributed by atoms with E-state index >= 15 is 0 Å². The van der Waals surface area contributed by atoms with Crippen LogP contribution in [0.2, 0.25) is 0 Å². The van der Waals surface area contributed by atoms with Crippen LogP contribution in [0.15, 0.2) is 6.07 Å². The molecule has 1 aromatic carbocycles. The number of carboxylic acid groups (broad SMARTS) is 1. The van der Waals surface area contributed by atoms with Crippen molar-refractivity contribution in [1.82, 2.24) is 0 Å². The molecular weight excluding hydrogens is 232 g/mol. The highest BCUT2D eigenvalue weighted by Gasteiger charge is 2.39. The molecule has 0 fully saturated rings. The van der Waals surface area contributed by atoms with Gasteiger partial charge < -0.3 is 14.6 Å². The van der Waals surface area contributed by atoms with Crippen molar-refractivity contribution in [3.05, 3.63) is 22.8 Å². The van der Waals surface area contributed by atoms with Crippen LogP contribution in [0.4, 0.5) is 0 Å². The Labute approximate surface area is 106 Å². The summed E-state index contributed by atoms with van der Waals surface area (Å²) in [5.74, 6) is 0.774. The monoisotopic (exact) mass is 248 g/mol. The van der Waals surface area contributed by atoms with Crippen LogP contribution in [-0.4, -0.2) is 24.3 Å². The summed E-state index contributed by atoms with van der Waals surface area (Å²) in [5.41, 5.74) is 1.92. The summed E-state index contributed by atoms with van der Waals surface area (Å²) in [5, 5.41) is 9.46. The second-order valence-electron chi connectivity index (χ2n) is 5.34. The van der Waals surface area contributed by atoms with Gasteiger partial charge in [0.25, 0.3) is 0 Å². The van der Waals surface area contributed by atoms with Gasteiger partial charge in [-0.2, -0.15) is 0 Å². The van der Waals surface area contributed by atoms with E-state index in [9.17, 15) is 9.90 Å². The predicted molar refractivity (Wildman–Crippen MR) is 65.5 cm³/mol. The Balaban J connectivity index is 2.28. The summed E-state index contributed by atoms with van der Waals surface area (Å²) >= 11 is 0. The molecule has 0 atom stereocenters. The number of ether oxygens (including phenoxy) is 2. The molecular formula is C14H16O4. The molecule has 0 saturated carbocycles. The first kappa shape index (κ1) is 11.4. The van der Waals surface area contributed by atoms with E-state index in [-0.39, 0.29) is 0 Å². The zero-order valence-electron chi connectivity index (χ0n) is 10.6. The fourth-order valence-corrected chi connectivity index (χ4v) is 2.75. The lowest BCUT2D eigenvalue weighted by Gasteiger charge is -2.24. The topological polar surface area (TPSA) is 55.8 Å². The van der Waals surface area contributed by atoms with E-state index in [2.05, 4.69) is 0 Å². The molecule has 96 valence electrons. The largest absolute Gasteiger partial charge is 0.493 e. The molecule has 0 amide bonds. The number of rotatable bonds is 2. The maximum Gasteiger partial charge on any atom is 0.313 e. The predicted octanol–water partition coefficient (Wildman–Crippen LogP) is 1.92. The minimum Gasteiger partial charge on any atom is -0.493 e. The third kappa shape index (κ3) is 1.41. The highest BCUT2D eigenvalue weighted by atomic mass is 16.5. The van der Waals surface area contributed by atoms with Crippen molar-refractivity contribution >= 4 is 5.97 Å². The molecule has 4 heteroatoms. The molecule has 0 unspecified atom stereocenters. The van der Waals surface area contributed by atoms with Crippen LogP contribution in [0.1, 0.15) is 30.5 Å². The molecule has 2 aliphatic heterocycles. The molecule has 1 aromatic rings. The van der Waals surface area contributed by atoms with E-state index < -0.39 is 11.4 Å². The average Bonchev–Trinajstić information content (AvgIpc) is 2.91. The zero-order chi connectivity index (χ0) is 12.9. The van der Waals surface area contributed by atoms with Crippen molar-refractivity contribution in [2.75, 3.05) is 13.2 Å². The Kier molecular flexibility index (Phi) is 2.30. The molecule has 3 rings (SSSR count). The van der Waals surface area contributed by atoms with Crippen LogP contribution < -0.4 is 9.47 Å². The van der Waals surface area contributed by atoms with Gasteiger partial charge in [-0.15, -0.1) is 0 Å². The van der Waals surface area contributed by atoms with Crippen LogP contribution in [0.25, 0.3) is 0 Å². The first-order chi connectivity index (χ1) is 8.51. The Hall–Kier alpha value is -1.71. The van der Waals surface area contributed by atoms with Crippen molar-refractivity contribution in [2.24, 2.45) is 0 Å². The number of benzene rings is 1. The fourth-order valence-electron chi connectivity index (χ4n) is 2.75. The van der Waals surface area contributed by atoms with E-state index in [4.69, 9.17) is 9.47 Å². The van der Waals surface area contributed by atoms with E-state index in [1.54, 1.807) is 13.8 Å². The van der Waals surface area contributed by atoms with Gasteiger partial charge in [-0.1, -0.05) is 0 Å². The summed E-state index contributed by atoms with van der Waals surface area (Å²) in [4.78, 5) is 11.5. The second kappa shape index (κ2) is 3.64. The van der Waals surface area contributed by atoms with E-state index in [0.717, 1.165) is 41.0 Å². The van der Waals surface area contributed by atoms with Gasteiger partial charge in [0.05, 0.1) is 18.6 Å². The molecule has 0 saturated heterocycles. The third-order valence-electron chi connectivity index (χ3n) is 3.81. The minimum atomic E-state index is -0.951. The fraction of sp³-hybridized carbons (Fsp3) is 0.500. The first-order valence-corrected chi connectivity index (χ1v) is 6.20. The van der Waals surface area contributed by atoms with Gasteiger partial charge in [0, 0.05) is 29.5 Å². The maximum atomic E-state index is 11.5. The lowest BCUT2D eigenvalue weighted by atomic mass is 9.79. The number of fused-ring (bicyclic) bond motifs is 2. The van der Waals surface area contributed by atoms with Crippen molar-refractivity contribution in [2.45, 2.75) is 32.1 Å². The van der Waals surface area contributed by atoms with Crippen LogP contribution in [0, 0.1) is 0 Å². The van der Waals surface area contributed by atoms with Gasteiger partial charge in [0.15, 0.2) is 0 Å². The molecule has 18 heavy (non-hydrogen) atoms. The number of carboxylic acids is 1. The first-order valence-electron chi connectivity index (χ1n) is 6.20. The van der Waals surface area contributed by atoms with E-state index in [0.29, 0.717) is 13.2 Å². The summed E-state index contributed by atoms with van der Waals surface area (Å²) < 4.78 is 11.3. The zero-order valence-corrected chi connectivity index (χ0v) is 10.6. The van der Waals surface area contributed by atoms with Crippen LogP contribution in [0.5, 0.6) is 11.5 Å². The SMILES string of the molecule is CC(C)(C(=O)O)c1c2c(cc3c1OCC3)OCC2. The Morgan fingerprint density at radius 2 is 2.00 bits per heavy atom. The Morgan fingerprint density at radius 1 is 1.28 bits per heavy atom. The number of carbonyl (C=O) groups is 1. The molecule has 0 aromatic heterocycles. The van der Waals surface area contributed by atoms with Gasteiger partial charge in [-0.3, -0.25) is 4.79 Å². The van der Waals surface area contributed by atoms with Crippen molar-refractivity contribution in [1.29, 1.82) is 0 Å². The standard InChI is InChI=1S/C14H16O4/c1-14(2,13(15)16)11-9-4-6-17-10(9)7-8-3-5-18-12(8)11/h7H,3-6H2,1-2H3,(H,15,16). The Morgan fingerprint density at radius 3 is 2.72 bits per heavy atom. The highest BCUT2D eigenvalue weighted by Crippen LogP contribution is 2.46. The normalized spacial score (nSPS) is 16.8. The van der Waals surface area contributed by atoms with Gasteiger partial charge in [-0.05, 0) is 19.9 Å². The highest BCUT2D eigenvalue weighted by molar-refractivity contribution is 5.83. The number of hydrogen-bond acceptors (Lipinski definition) is 3. The average molecular weight is 248 g/mol. The molecule has 0 aliphatic carbocycles. The van der Waals surface area contributed by atoms with Crippen LogP contribution in [-0.2, 0) is 23.1 Å². The quantitative estimate of drug-likeness (QED) is 0.868. The van der Waals surface area contributed by atoms with Crippen LogP contribution in [0.3, 0.4) is 0 Å². The Bertz CT molecular complexity index is 499. The van der Waals surface area contributed by atoms with Crippen LogP contribution >= 0.6 is 0 Å². The van der Waals surface area contributed by atoms with Crippen molar-refractivity contribution in [3.63, 3.8) is 0 Å². The molecule has 2 heterocycles. The summed E-state index contributed by atoms with van der Waals surface area (Å²) in [6.07, 6.45) is 1.59. The molecule has 0 radical (unpaired) electrons. The van der Waals surface area contributed by atoms with E-state index in [1.165, 1.54) is 0 Å².